The van der Waals surface area contributed by atoms with Crippen LogP contribution in [0, 0.1) is 5.41 Å². The van der Waals surface area contributed by atoms with Gasteiger partial charge in [0, 0.05) is 19.4 Å². The minimum absolute atomic E-state index is 0.0173. The van der Waals surface area contributed by atoms with E-state index < -0.39 is 5.41 Å². The Bertz CT molecular complexity index is 208. The van der Waals surface area contributed by atoms with E-state index in [4.69, 9.17) is 15.2 Å². The molecule has 1 aliphatic rings. The Morgan fingerprint density at radius 2 is 2.13 bits per heavy atom. The van der Waals surface area contributed by atoms with E-state index in [0.717, 1.165) is 12.8 Å². The maximum Gasteiger partial charge on any atom is 0.313 e. The fraction of sp³-hybridized carbons (Fsp3) is 0.909. The van der Waals surface area contributed by atoms with Crippen LogP contribution in [-0.2, 0) is 14.3 Å². The zero-order chi connectivity index (χ0) is 11.3. The standard InChI is InChI=1S/C11H21NO3/c1-3-11(2,8-12)10(13)15-9-4-6-14-7-5-9/h9H,3-8,12H2,1-2H3. The molecule has 1 heterocycles. The summed E-state index contributed by atoms with van der Waals surface area (Å²) in [6.45, 7) is 5.52. The van der Waals surface area contributed by atoms with E-state index in [9.17, 15) is 4.79 Å². The predicted molar refractivity (Wildman–Crippen MR) is 57.4 cm³/mol. The molecule has 0 spiro atoms. The molecule has 0 radical (unpaired) electrons. The molecule has 0 saturated carbocycles. The number of hydrogen-bond donors (Lipinski definition) is 1. The second kappa shape index (κ2) is 5.47. The highest BCUT2D eigenvalue weighted by molar-refractivity contribution is 5.76. The summed E-state index contributed by atoms with van der Waals surface area (Å²) in [6, 6.07) is 0. The van der Waals surface area contributed by atoms with Gasteiger partial charge in [-0.15, -0.1) is 0 Å². The Hall–Kier alpha value is -0.610. The van der Waals surface area contributed by atoms with Gasteiger partial charge in [-0.25, -0.2) is 0 Å². The summed E-state index contributed by atoms with van der Waals surface area (Å²) >= 11 is 0. The number of rotatable bonds is 4. The van der Waals surface area contributed by atoms with E-state index >= 15 is 0 Å². The number of nitrogens with two attached hydrogens (primary N) is 1. The highest BCUT2D eigenvalue weighted by Gasteiger charge is 2.33. The molecule has 0 aromatic rings. The molecule has 1 fully saturated rings. The normalized spacial score (nSPS) is 22.1. The number of hydrogen-bond acceptors (Lipinski definition) is 4. The van der Waals surface area contributed by atoms with Crippen LogP contribution in [0.3, 0.4) is 0 Å². The van der Waals surface area contributed by atoms with Crippen LogP contribution in [0.25, 0.3) is 0 Å². The van der Waals surface area contributed by atoms with Crippen molar-refractivity contribution in [2.75, 3.05) is 19.8 Å². The smallest absolute Gasteiger partial charge is 0.313 e. The molecule has 0 aromatic heterocycles. The van der Waals surface area contributed by atoms with Crippen molar-refractivity contribution in [3.05, 3.63) is 0 Å². The minimum Gasteiger partial charge on any atom is -0.462 e. The topological polar surface area (TPSA) is 61.6 Å². The Labute approximate surface area is 91.1 Å². The van der Waals surface area contributed by atoms with Gasteiger partial charge in [0.1, 0.15) is 6.10 Å². The molecule has 0 aliphatic carbocycles. The van der Waals surface area contributed by atoms with E-state index in [1.54, 1.807) is 0 Å². The van der Waals surface area contributed by atoms with Crippen LogP contribution in [0.2, 0.25) is 0 Å². The first kappa shape index (κ1) is 12.5. The van der Waals surface area contributed by atoms with Crippen LogP contribution in [0.15, 0.2) is 0 Å². The second-order valence-electron chi connectivity index (χ2n) is 4.34. The fourth-order valence-electron chi connectivity index (χ4n) is 1.46. The van der Waals surface area contributed by atoms with E-state index in [-0.39, 0.29) is 12.1 Å². The molecule has 0 bridgehead atoms. The summed E-state index contributed by atoms with van der Waals surface area (Å²) in [6.07, 6.45) is 2.33. The Balaban J connectivity index is 2.45. The molecule has 0 aromatic carbocycles. The summed E-state index contributed by atoms with van der Waals surface area (Å²) in [4.78, 5) is 11.9. The van der Waals surface area contributed by atoms with Gasteiger partial charge in [-0.2, -0.15) is 0 Å². The molecule has 4 heteroatoms. The largest absolute Gasteiger partial charge is 0.462 e. The molecule has 2 N–H and O–H groups in total. The van der Waals surface area contributed by atoms with Gasteiger partial charge in [0.15, 0.2) is 0 Å². The van der Waals surface area contributed by atoms with Crippen molar-refractivity contribution in [1.29, 1.82) is 0 Å². The average Bonchev–Trinajstić information content (AvgIpc) is 2.29. The van der Waals surface area contributed by atoms with Gasteiger partial charge in [-0.3, -0.25) is 4.79 Å². The van der Waals surface area contributed by atoms with Crippen LogP contribution in [0.5, 0.6) is 0 Å². The molecule has 0 amide bonds. The molecule has 88 valence electrons. The van der Waals surface area contributed by atoms with Crippen molar-refractivity contribution in [2.24, 2.45) is 11.1 Å². The molecule has 15 heavy (non-hydrogen) atoms. The van der Waals surface area contributed by atoms with Gasteiger partial charge in [0.25, 0.3) is 0 Å². The highest BCUT2D eigenvalue weighted by atomic mass is 16.6. The maximum atomic E-state index is 11.9. The van der Waals surface area contributed by atoms with E-state index in [1.165, 1.54) is 0 Å². The number of esters is 1. The van der Waals surface area contributed by atoms with Crippen LogP contribution < -0.4 is 5.73 Å². The molecule has 1 unspecified atom stereocenters. The van der Waals surface area contributed by atoms with Gasteiger partial charge in [0.2, 0.25) is 0 Å². The lowest BCUT2D eigenvalue weighted by atomic mass is 9.88. The van der Waals surface area contributed by atoms with Crippen molar-refractivity contribution in [1.82, 2.24) is 0 Å². The summed E-state index contributed by atoms with van der Waals surface area (Å²) in [5, 5.41) is 0. The van der Waals surface area contributed by atoms with Gasteiger partial charge in [-0.05, 0) is 13.3 Å². The molecular formula is C11H21NO3. The first-order valence-corrected chi connectivity index (χ1v) is 5.61. The van der Waals surface area contributed by atoms with Crippen molar-refractivity contribution in [3.63, 3.8) is 0 Å². The van der Waals surface area contributed by atoms with Gasteiger partial charge in [-0.1, -0.05) is 6.92 Å². The molecule has 1 rings (SSSR count). The number of carbonyl (C=O) groups is 1. The van der Waals surface area contributed by atoms with Crippen LogP contribution in [-0.4, -0.2) is 31.8 Å². The SMILES string of the molecule is CCC(C)(CN)C(=O)OC1CCOCC1. The third-order valence-corrected chi connectivity index (χ3v) is 3.17. The third kappa shape index (κ3) is 3.18. The first-order chi connectivity index (χ1) is 7.12. The third-order valence-electron chi connectivity index (χ3n) is 3.17. The molecule has 1 aliphatic heterocycles. The van der Waals surface area contributed by atoms with E-state index in [1.807, 2.05) is 13.8 Å². The van der Waals surface area contributed by atoms with Crippen LogP contribution >= 0.6 is 0 Å². The lowest BCUT2D eigenvalue weighted by molar-refractivity contribution is -0.164. The summed E-state index contributed by atoms with van der Waals surface area (Å²) in [5.41, 5.74) is 5.07. The fourth-order valence-corrected chi connectivity index (χ4v) is 1.46. The first-order valence-electron chi connectivity index (χ1n) is 5.61. The number of ether oxygens (including phenoxy) is 2. The van der Waals surface area contributed by atoms with Crippen LogP contribution in [0.4, 0.5) is 0 Å². The number of carbonyl (C=O) groups excluding carboxylic acids is 1. The molecule has 1 atom stereocenters. The van der Waals surface area contributed by atoms with Crippen molar-refractivity contribution in [3.8, 4) is 0 Å². The summed E-state index contributed by atoms with van der Waals surface area (Å²) in [7, 11) is 0. The summed E-state index contributed by atoms with van der Waals surface area (Å²) < 4.78 is 10.6. The lowest BCUT2D eigenvalue weighted by Gasteiger charge is -2.29. The van der Waals surface area contributed by atoms with Gasteiger partial charge in [0.05, 0.1) is 18.6 Å². The Morgan fingerprint density at radius 3 is 2.60 bits per heavy atom. The molecular weight excluding hydrogens is 194 g/mol. The summed E-state index contributed by atoms with van der Waals surface area (Å²) in [5.74, 6) is -0.167. The molecule has 1 saturated heterocycles. The zero-order valence-corrected chi connectivity index (χ0v) is 9.62. The minimum atomic E-state index is -0.529. The Kier molecular flexibility index (Phi) is 4.54. The maximum absolute atomic E-state index is 11.9. The van der Waals surface area contributed by atoms with E-state index in [2.05, 4.69) is 0 Å². The van der Waals surface area contributed by atoms with Crippen molar-refractivity contribution in [2.45, 2.75) is 39.2 Å². The monoisotopic (exact) mass is 215 g/mol. The van der Waals surface area contributed by atoms with Crippen molar-refractivity contribution < 1.29 is 14.3 Å². The van der Waals surface area contributed by atoms with Gasteiger partial charge < -0.3 is 15.2 Å². The average molecular weight is 215 g/mol. The highest BCUT2D eigenvalue weighted by Crippen LogP contribution is 2.23. The van der Waals surface area contributed by atoms with E-state index in [0.29, 0.717) is 26.2 Å². The lowest BCUT2D eigenvalue weighted by Crippen LogP contribution is -2.39. The van der Waals surface area contributed by atoms with Crippen LogP contribution in [0.1, 0.15) is 33.1 Å². The second-order valence-corrected chi connectivity index (χ2v) is 4.34. The Morgan fingerprint density at radius 1 is 1.53 bits per heavy atom. The quantitative estimate of drug-likeness (QED) is 0.713. The predicted octanol–water partition coefficient (Wildman–Crippen LogP) is 1.08. The van der Waals surface area contributed by atoms with Gasteiger partial charge >= 0.3 is 5.97 Å². The van der Waals surface area contributed by atoms with Crippen molar-refractivity contribution >= 4 is 5.97 Å². The zero-order valence-electron chi connectivity index (χ0n) is 9.62. The molecule has 4 nitrogen and oxygen atoms in total.